The fourth-order valence-electron chi connectivity index (χ4n) is 3.29. The van der Waals surface area contributed by atoms with E-state index in [9.17, 15) is 8.42 Å². The molecule has 1 atom stereocenters. The molecule has 6 nitrogen and oxygen atoms in total. The molecule has 0 N–H and O–H groups in total. The molecule has 0 aliphatic rings. The molecule has 0 saturated carbocycles. The van der Waals surface area contributed by atoms with E-state index in [1.54, 1.807) is 37.4 Å². The van der Waals surface area contributed by atoms with Crippen LogP contribution in [0, 0.1) is 0 Å². The number of ether oxygens (including phenoxy) is 3. The third-order valence-electron chi connectivity index (χ3n) is 4.92. The SMILES string of the molecule is COc1cccc([C@@H](C)N(c2ccc(OC)c(OC)c2)S(=O)(=O)c2ccc(Cl)cc2)c1. The number of methoxy groups -OCH3 is 3. The maximum absolute atomic E-state index is 13.7. The van der Waals surface area contributed by atoms with Crippen LogP contribution in [0.2, 0.25) is 5.02 Å². The highest BCUT2D eigenvalue weighted by molar-refractivity contribution is 7.92. The molecule has 0 bridgehead atoms. The van der Waals surface area contributed by atoms with Gasteiger partial charge in [-0.1, -0.05) is 23.7 Å². The van der Waals surface area contributed by atoms with Crippen LogP contribution in [0.15, 0.2) is 71.6 Å². The van der Waals surface area contributed by atoms with Crippen molar-refractivity contribution in [2.75, 3.05) is 25.6 Å². The predicted molar refractivity (Wildman–Crippen MR) is 122 cm³/mol. The molecule has 3 aromatic carbocycles. The second kappa shape index (κ2) is 9.49. The maximum Gasteiger partial charge on any atom is 0.264 e. The van der Waals surface area contributed by atoms with Crippen LogP contribution in [-0.4, -0.2) is 29.7 Å². The summed E-state index contributed by atoms with van der Waals surface area (Å²) in [6, 6.07) is 17.9. The lowest BCUT2D eigenvalue weighted by molar-refractivity contribution is 0.355. The van der Waals surface area contributed by atoms with E-state index >= 15 is 0 Å². The summed E-state index contributed by atoms with van der Waals surface area (Å²) >= 11 is 5.97. The molecule has 0 aliphatic carbocycles. The highest BCUT2D eigenvalue weighted by Crippen LogP contribution is 2.39. The molecule has 0 unspecified atom stereocenters. The van der Waals surface area contributed by atoms with Crippen molar-refractivity contribution in [3.8, 4) is 17.2 Å². The van der Waals surface area contributed by atoms with Gasteiger partial charge in [-0.05, 0) is 61.0 Å². The molecular formula is C23H24ClNO5S. The lowest BCUT2D eigenvalue weighted by atomic mass is 10.1. The van der Waals surface area contributed by atoms with Crippen LogP contribution in [0.5, 0.6) is 17.2 Å². The minimum Gasteiger partial charge on any atom is -0.497 e. The molecule has 0 aromatic heterocycles. The summed E-state index contributed by atoms with van der Waals surface area (Å²) in [6.45, 7) is 1.82. The van der Waals surface area contributed by atoms with Gasteiger partial charge in [-0.2, -0.15) is 0 Å². The Kier molecular flexibility index (Phi) is 6.97. The Morgan fingerprint density at radius 3 is 2.13 bits per heavy atom. The van der Waals surface area contributed by atoms with Crippen molar-refractivity contribution >= 4 is 27.3 Å². The third kappa shape index (κ3) is 4.73. The summed E-state index contributed by atoms with van der Waals surface area (Å²) in [5.74, 6) is 1.57. The minimum atomic E-state index is -3.94. The monoisotopic (exact) mass is 461 g/mol. The summed E-state index contributed by atoms with van der Waals surface area (Å²) < 4.78 is 44.9. The van der Waals surface area contributed by atoms with E-state index in [2.05, 4.69) is 0 Å². The Bertz CT molecular complexity index is 1150. The zero-order chi connectivity index (χ0) is 22.6. The lowest BCUT2D eigenvalue weighted by Gasteiger charge is -2.31. The van der Waals surface area contributed by atoms with E-state index in [0.717, 1.165) is 5.56 Å². The average molecular weight is 462 g/mol. The predicted octanol–water partition coefficient (Wildman–Crippen LogP) is 5.32. The molecule has 0 radical (unpaired) electrons. The van der Waals surface area contributed by atoms with Crippen LogP contribution in [-0.2, 0) is 10.0 Å². The Morgan fingerprint density at radius 1 is 0.839 bits per heavy atom. The van der Waals surface area contributed by atoms with Gasteiger partial charge in [0.05, 0.1) is 38.0 Å². The first-order valence-corrected chi connectivity index (χ1v) is 11.3. The lowest BCUT2D eigenvalue weighted by Crippen LogP contribution is -2.33. The second-order valence-electron chi connectivity index (χ2n) is 6.75. The fraction of sp³-hybridized carbons (Fsp3) is 0.217. The van der Waals surface area contributed by atoms with Gasteiger partial charge in [0.25, 0.3) is 10.0 Å². The molecule has 164 valence electrons. The van der Waals surface area contributed by atoms with E-state index in [0.29, 0.717) is 28.0 Å². The Hall–Kier alpha value is -2.90. The van der Waals surface area contributed by atoms with E-state index < -0.39 is 16.1 Å². The summed E-state index contributed by atoms with van der Waals surface area (Å²) in [5.41, 5.74) is 1.20. The number of hydrogen-bond acceptors (Lipinski definition) is 5. The summed E-state index contributed by atoms with van der Waals surface area (Å²) in [4.78, 5) is 0.126. The van der Waals surface area contributed by atoms with Gasteiger partial charge in [-0.25, -0.2) is 8.42 Å². The second-order valence-corrected chi connectivity index (χ2v) is 9.00. The van der Waals surface area contributed by atoms with Crippen LogP contribution >= 0.6 is 11.6 Å². The van der Waals surface area contributed by atoms with Crippen molar-refractivity contribution in [3.63, 3.8) is 0 Å². The van der Waals surface area contributed by atoms with Crippen LogP contribution in [0.25, 0.3) is 0 Å². The van der Waals surface area contributed by atoms with Crippen molar-refractivity contribution in [1.82, 2.24) is 0 Å². The molecule has 0 fully saturated rings. The third-order valence-corrected chi connectivity index (χ3v) is 7.08. The molecule has 0 spiro atoms. The van der Waals surface area contributed by atoms with Crippen molar-refractivity contribution in [2.45, 2.75) is 17.9 Å². The zero-order valence-electron chi connectivity index (χ0n) is 17.7. The summed E-state index contributed by atoms with van der Waals surface area (Å²) in [6.07, 6.45) is 0. The zero-order valence-corrected chi connectivity index (χ0v) is 19.3. The van der Waals surface area contributed by atoms with Gasteiger partial charge in [0.1, 0.15) is 5.75 Å². The molecule has 8 heteroatoms. The first-order chi connectivity index (χ1) is 14.8. The number of nitrogens with zero attached hydrogens (tertiary/aromatic N) is 1. The number of sulfonamides is 1. The Morgan fingerprint density at radius 2 is 1.52 bits per heavy atom. The Labute approximate surface area is 188 Å². The standard InChI is InChI=1S/C23H24ClNO5S/c1-16(17-6-5-7-20(14-17)28-2)25(19-10-13-22(29-3)23(15-19)30-4)31(26,27)21-11-8-18(24)9-12-21/h5-16H,1-4H3/t16-/m1/s1. The van der Waals surface area contributed by atoms with Gasteiger partial charge in [-0.3, -0.25) is 4.31 Å². The number of rotatable bonds is 8. The quantitative estimate of drug-likeness (QED) is 0.454. The maximum atomic E-state index is 13.7. The molecule has 0 amide bonds. The van der Waals surface area contributed by atoms with Crippen molar-refractivity contribution < 1.29 is 22.6 Å². The van der Waals surface area contributed by atoms with Gasteiger partial charge in [0.2, 0.25) is 0 Å². The molecule has 0 heterocycles. The van der Waals surface area contributed by atoms with E-state index in [1.807, 2.05) is 31.2 Å². The Balaban J connectivity index is 2.19. The first kappa shape index (κ1) is 22.8. The number of halogens is 1. The largest absolute Gasteiger partial charge is 0.497 e. The van der Waals surface area contributed by atoms with Crippen LogP contribution in [0.3, 0.4) is 0 Å². The minimum absolute atomic E-state index is 0.126. The van der Waals surface area contributed by atoms with Gasteiger partial charge in [0.15, 0.2) is 11.5 Å². The smallest absolute Gasteiger partial charge is 0.264 e. The molecular weight excluding hydrogens is 438 g/mol. The number of benzene rings is 3. The molecule has 0 saturated heterocycles. The molecule has 31 heavy (non-hydrogen) atoms. The molecule has 3 aromatic rings. The summed E-state index contributed by atoms with van der Waals surface area (Å²) in [5, 5.41) is 0.456. The van der Waals surface area contributed by atoms with Gasteiger partial charge >= 0.3 is 0 Å². The molecule has 0 aliphatic heterocycles. The van der Waals surface area contributed by atoms with Crippen LogP contribution in [0.1, 0.15) is 18.5 Å². The first-order valence-electron chi connectivity index (χ1n) is 9.47. The van der Waals surface area contributed by atoms with Crippen molar-refractivity contribution in [3.05, 3.63) is 77.3 Å². The molecule has 3 rings (SSSR count). The van der Waals surface area contributed by atoms with Gasteiger partial charge in [0, 0.05) is 11.1 Å². The van der Waals surface area contributed by atoms with E-state index in [4.69, 9.17) is 25.8 Å². The summed E-state index contributed by atoms with van der Waals surface area (Å²) in [7, 11) is 0.656. The van der Waals surface area contributed by atoms with Crippen molar-refractivity contribution in [1.29, 1.82) is 0 Å². The van der Waals surface area contributed by atoms with E-state index in [-0.39, 0.29) is 4.90 Å². The topological polar surface area (TPSA) is 65.1 Å². The highest BCUT2D eigenvalue weighted by Gasteiger charge is 2.31. The normalized spacial score (nSPS) is 12.2. The fourth-order valence-corrected chi connectivity index (χ4v) is 5.05. The average Bonchev–Trinajstić information content (AvgIpc) is 2.79. The van der Waals surface area contributed by atoms with Crippen molar-refractivity contribution in [2.24, 2.45) is 0 Å². The van der Waals surface area contributed by atoms with Gasteiger partial charge < -0.3 is 14.2 Å². The number of hydrogen-bond donors (Lipinski definition) is 0. The highest BCUT2D eigenvalue weighted by atomic mass is 35.5. The van der Waals surface area contributed by atoms with E-state index in [1.165, 1.54) is 30.7 Å². The van der Waals surface area contributed by atoms with Crippen LogP contribution in [0.4, 0.5) is 5.69 Å². The number of anilines is 1. The van der Waals surface area contributed by atoms with Crippen LogP contribution < -0.4 is 18.5 Å². The van der Waals surface area contributed by atoms with Gasteiger partial charge in [-0.15, -0.1) is 0 Å².